The van der Waals surface area contributed by atoms with Gasteiger partial charge in [-0.25, -0.2) is 4.98 Å². The van der Waals surface area contributed by atoms with Crippen molar-refractivity contribution in [3.63, 3.8) is 0 Å². The number of aromatic nitrogens is 1. The molecule has 158 valence electrons. The summed E-state index contributed by atoms with van der Waals surface area (Å²) in [5.41, 5.74) is 5.54. The van der Waals surface area contributed by atoms with Gasteiger partial charge in [0.15, 0.2) is 5.71 Å². The Morgan fingerprint density at radius 2 is 2.07 bits per heavy atom. The Hall–Kier alpha value is -2.65. The molecular weight excluding hydrogens is 396 g/mol. The molecular formula is C19H27ClN6O3. The monoisotopic (exact) mass is 422 g/mol. The van der Waals surface area contributed by atoms with Gasteiger partial charge in [0.25, 0.3) is 5.91 Å². The molecule has 3 heterocycles. The van der Waals surface area contributed by atoms with Crippen molar-refractivity contribution in [3.05, 3.63) is 34.1 Å². The number of carbonyl (C=O) groups excluding carboxylic acids is 2. The number of ether oxygens (including phenoxy) is 1. The maximum Gasteiger partial charge on any atom is 0.274 e. The Bertz CT molecular complexity index is 790. The highest BCUT2D eigenvalue weighted by Crippen LogP contribution is 2.21. The molecule has 0 atom stereocenters. The number of methoxy groups -OCH3 is 1. The van der Waals surface area contributed by atoms with Gasteiger partial charge in [0, 0.05) is 11.6 Å². The predicted octanol–water partition coefficient (Wildman–Crippen LogP) is 0.804. The minimum atomic E-state index is -0.255. The lowest BCUT2D eigenvalue weighted by Gasteiger charge is -2.24. The molecule has 0 aliphatic carbocycles. The van der Waals surface area contributed by atoms with Crippen LogP contribution < -0.4 is 26.1 Å². The van der Waals surface area contributed by atoms with Crippen molar-refractivity contribution >= 4 is 29.6 Å². The van der Waals surface area contributed by atoms with E-state index in [0.717, 1.165) is 37.1 Å². The van der Waals surface area contributed by atoms with Crippen LogP contribution in [0.2, 0.25) is 5.15 Å². The van der Waals surface area contributed by atoms with Crippen molar-refractivity contribution in [2.24, 2.45) is 5.10 Å². The van der Waals surface area contributed by atoms with Crippen molar-refractivity contribution in [2.75, 3.05) is 26.7 Å². The Morgan fingerprint density at radius 3 is 2.72 bits per heavy atom. The number of rotatable bonds is 5. The van der Waals surface area contributed by atoms with Gasteiger partial charge in [0.2, 0.25) is 12.3 Å². The second-order valence-electron chi connectivity index (χ2n) is 6.60. The number of piperidine rings is 1. The summed E-state index contributed by atoms with van der Waals surface area (Å²) >= 11 is 5.71. The molecule has 10 heteroatoms. The maximum absolute atomic E-state index is 12.1. The molecule has 1 saturated heterocycles. The van der Waals surface area contributed by atoms with Gasteiger partial charge in [-0.2, -0.15) is 5.10 Å². The van der Waals surface area contributed by atoms with Gasteiger partial charge in [-0.1, -0.05) is 11.6 Å². The van der Waals surface area contributed by atoms with Crippen LogP contribution in [-0.4, -0.2) is 55.8 Å². The summed E-state index contributed by atoms with van der Waals surface area (Å²) in [5, 5.41) is 13.1. The molecule has 4 N–H and O–H groups in total. The third-order valence-electron chi connectivity index (χ3n) is 4.60. The first-order valence-corrected chi connectivity index (χ1v) is 9.74. The SMILES string of the molecule is COc1nc(Cl)cc(C)c1C.O=CNC1=CCNN=C1C(=O)NC1CCNCC1. The Kier molecular flexibility index (Phi) is 8.88. The third kappa shape index (κ3) is 6.72. The summed E-state index contributed by atoms with van der Waals surface area (Å²) in [4.78, 5) is 26.5. The third-order valence-corrected chi connectivity index (χ3v) is 4.79. The van der Waals surface area contributed by atoms with Crippen LogP contribution in [0, 0.1) is 13.8 Å². The number of carbonyl (C=O) groups is 2. The average Bonchev–Trinajstić information content (AvgIpc) is 2.72. The molecule has 1 aromatic heterocycles. The fourth-order valence-electron chi connectivity index (χ4n) is 2.88. The highest BCUT2D eigenvalue weighted by Gasteiger charge is 2.22. The summed E-state index contributed by atoms with van der Waals surface area (Å²) < 4.78 is 5.01. The lowest BCUT2D eigenvalue weighted by molar-refractivity contribution is -0.115. The molecule has 1 aromatic rings. The number of pyridine rings is 1. The topological polar surface area (TPSA) is 117 Å². The first-order valence-electron chi connectivity index (χ1n) is 9.36. The Morgan fingerprint density at radius 1 is 1.34 bits per heavy atom. The molecule has 0 saturated carbocycles. The van der Waals surface area contributed by atoms with E-state index in [-0.39, 0.29) is 17.7 Å². The largest absolute Gasteiger partial charge is 0.481 e. The Labute approximate surface area is 175 Å². The summed E-state index contributed by atoms with van der Waals surface area (Å²) in [6.45, 7) is 6.25. The number of aryl methyl sites for hydroxylation is 1. The van der Waals surface area contributed by atoms with E-state index in [9.17, 15) is 9.59 Å². The predicted molar refractivity (Wildman–Crippen MR) is 112 cm³/mol. The van der Waals surface area contributed by atoms with Crippen LogP contribution in [0.25, 0.3) is 0 Å². The molecule has 29 heavy (non-hydrogen) atoms. The van der Waals surface area contributed by atoms with Gasteiger partial charge in [-0.15, -0.1) is 0 Å². The molecule has 0 radical (unpaired) electrons. The fourth-order valence-corrected chi connectivity index (χ4v) is 3.12. The van der Waals surface area contributed by atoms with E-state index >= 15 is 0 Å². The zero-order chi connectivity index (χ0) is 21.2. The van der Waals surface area contributed by atoms with E-state index < -0.39 is 0 Å². The number of amides is 2. The standard InChI is InChI=1S/C11H17N5O2.C8H10ClNO/c17-7-13-9-3-6-14-16-10(9)11(18)15-8-1-4-12-5-2-8;1-5-4-7(9)10-8(11-3)6(5)2/h3,7-8,12,14H,1-2,4-6H2,(H,13,17)(H,15,18);4H,1-3H3. The van der Waals surface area contributed by atoms with Crippen LogP contribution in [0.3, 0.4) is 0 Å². The van der Waals surface area contributed by atoms with Crippen LogP contribution in [0.5, 0.6) is 5.88 Å². The fraction of sp³-hybridized carbons (Fsp3) is 0.474. The lowest BCUT2D eigenvalue weighted by Crippen LogP contribution is -2.47. The number of hydrogen-bond donors (Lipinski definition) is 4. The number of nitrogens with zero attached hydrogens (tertiary/aromatic N) is 2. The van der Waals surface area contributed by atoms with Crippen molar-refractivity contribution < 1.29 is 14.3 Å². The van der Waals surface area contributed by atoms with Crippen LogP contribution in [0.1, 0.15) is 24.0 Å². The highest BCUT2D eigenvalue weighted by molar-refractivity contribution is 6.45. The zero-order valence-electron chi connectivity index (χ0n) is 16.8. The van der Waals surface area contributed by atoms with Gasteiger partial charge in [-0.3, -0.25) is 9.59 Å². The smallest absolute Gasteiger partial charge is 0.274 e. The molecule has 3 rings (SSSR count). The van der Waals surface area contributed by atoms with Gasteiger partial charge in [0.1, 0.15) is 5.15 Å². The first-order chi connectivity index (χ1) is 14.0. The van der Waals surface area contributed by atoms with Crippen LogP contribution in [0.15, 0.2) is 22.9 Å². The average molecular weight is 423 g/mol. The number of nitrogens with one attached hydrogen (secondary N) is 4. The number of hydrazone groups is 1. The molecule has 0 aromatic carbocycles. The van der Waals surface area contributed by atoms with Crippen molar-refractivity contribution in [2.45, 2.75) is 32.7 Å². The quantitative estimate of drug-likeness (QED) is 0.412. The normalized spacial score (nSPS) is 16.3. The second kappa shape index (κ2) is 11.4. The van der Waals surface area contributed by atoms with Crippen molar-refractivity contribution in [1.82, 2.24) is 26.4 Å². The van der Waals surface area contributed by atoms with E-state index in [0.29, 0.717) is 29.7 Å². The van der Waals surface area contributed by atoms with E-state index in [1.165, 1.54) is 0 Å². The van der Waals surface area contributed by atoms with Crippen molar-refractivity contribution in [3.8, 4) is 5.88 Å². The van der Waals surface area contributed by atoms with Gasteiger partial charge >= 0.3 is 0 Å². The lowest BCUT2D eigenvalue weighted by atomic mass is 10.1. The van der Waals surface area contributed by atoms with E-state index in [4.69, 9.17) is 16.3 Å². The van der Waals surface area contributed by atoms with Gasteiger partial charge in [-0.05, 0) is 57.5 Å². The molecule has 9 nitrogen and oxygen atoms in total. The molecule has 1 fully saturated rings. The van der Waals surface area contributed by atoms with Crippen LogP contribution in [-0.2, 0) is 9.59 Å². The van der Waals surface area contributed by atoms with Crippen LogP contribution >= 0.6 is 11.6 Å². The number of hydrogen-bond acceptors (Lipinski definition) is 7. The van der Waals surface area contributed by atoms with E-state index in [1.54, 1.807) is 13.2 Å². The van der Waals surface area contributed by atoms with E-state index in [1.807, 2.05) is 19.9 Å². The second-order valence-corrected chi connectivity index (χ2v) is 6.98. The van der Waals surface area contributed by atoms with E-state index in [2.05, 4.69) is 31.5 Å². The summed E-state index contributed by atoms with van der Waals surface area (Å²) in [5.74, 6) is 0.352. The maximum atomic E-state index is 12.1. The summed E-state index contributed by atoms with van der Waals surface area (Å²) in [7, 11) is 1.59. The first kappa shape index (κ1) is 22.6. The Balaban J connectivity index is 0.000000234. The molecule has 2 aliphatic rings. The molecule has 0 bridgehead atoms. The highest BCUT2D eigenvalue weighted by atomic mass is 35.5. The molecule has 2 aliphatic heterocycles. The van der Waals surface area contributed by atoms with Crippen molar-refractivity contribution in [1.29, 1.82) is 0 Å². The van der Waals surface area contributed by atoms with Gasteiger partial charge < -0.3 is 26.1 Å². The molecule has 0 spiro atoms. The summed E-state index contributed by atoms with van der Waals surface area (Å²) in [6.07, 6.45) is 4.09. The minimum absolute atomic E-state index is 0.167. The van der Waals surface area contributed by atoms with Crippen LogP contribution in [0.4, 0.5) is 0 Å². The minimum Gasteiger partial charge on any atom is -0.481 e. The molecule has 0 unspecified atom stereocenters. The summed E-state index contributed by atoms with van der Waals surface area (Å²) in [6, 6.07) is 1.99. The zero-order valence-corrected chi connectivity index (χ0v) is 17.6. The van der Waals surface area contributed by atoms with Gasteiger partial charge in [0.05, 0.1) is 19.4 Å². The number of halogens is 1. The molecule has 2 amide bonds.